The molecule has 12 heteroatoms. The lowest BCUT2D eigenvalue weighted by Crippen LogP contribution is -2.37. The van der Waals surface area contributed by atoms with Gasteiger partial charge in [0.05, 0.1) is 36.6 Å². The van der Waals surface area contributed by atoms with Gasteiger partial charge in [0.25, 0.3) is 5.91 Å². The number of nitrogens with zero attached hydrogens (tertiary/aromatic N) is 1. The molecule has 1 aromatic heterocycles. The van der Waals surface area contributed by atoms with E-state index in [2.05, 4.69) is 5.32 Å². The van der Waals surface area contributed by atoms with Crippen molar-refractivity contribution in [3.8, 4) is 5.75 Å². The van der Waals surface area contributed by atoms with E-state index in [1.165, 1.54) is 19.2 Å². The molecule has 4 rings (SSSR count). The van der Waals surface area contributed by atoms with Gasteiger partial charge in [-0.05, 0) is 64.9 Å². The summed E-state index contributed by atoms with van der Waals surface area (Å²) in [4.78, 5) is 13.1. The van der Waals surface area contributed by atoms with Gasteiger partial charge in [0.2, 0.25) is 16.3 Å². The third-order valence-corrected chi connectivity index (χ3v) is 8.77. The number of anilines is 2. The van der Waals surface area contributed by atoms with Crippen LogP contribution in [0, 0.1) is 0 Å². The van der Waals surface area contributed by atoms with E-state index < -0.39 is 22.2 Å². The number of allylic oxidation sites excluding steroid dienone is 1. The number of amides is 1. The standard InChI is InChI=1S/C27H31N3O7S2/c1-35-21-6-8-22(9-7-21)39(33,34)30(11-13-31)12-14-36-26-17-20(19-10-15-38-18-19)16-25(37-26)27(32)29-24-5-3-2-4-23(24)28/h2-10,15-16,18,20,26,31H,11-14,17,28H2,1H3,(H,29,32). The Bertz CT molecular complexity index is 1380. The van der Waals surface area contributed by atoms with Gasteiger partial charge in [0, 0.05) is 25.4 Å². The summed E-state index contributed by atoms with van der Waals surface area (Å²) in [5.74, 6) is 0.0121. The van der Waals surface area contributed by atoms with Gasteiger partial charge in [-0.3, -0.25) is 4.79 Å². The molecular formula is C27H31N3O7S2. The van der Waals surface area contributed by atoms with E-state index in [-0.39, 0.29) is 42.9 Å². The molecule has 0 fully saturated rings. The summed E-state index contributed by atoms with van der Waals surface area (Å²) in [6.45, 7) is -0.501. The predicted molar refractivity (Wildman–Crippen MR) is 149 cm³/mol. The van der Waals surface area contributed by atoms with Gasteiger partial charge in [-0.15, -0.1) is 0 Å². The number of sulfonamides is 1. The third kappa shape index (κ3) is 7.16. The Kier molecular flexibility index (Phi) is 9.59. The van der Waals surface area contributed by atoms with Crippen molar-refractivity contribution in [1.82, 2.24) is 4.31 Å². The molecule has 1 amide bonds. The van der Waals surface area contributed by atoms with Crippen molar-refractivity contribution in [1.29, 1.82) is 0 Å². The summed E-state index contributed by atoms with van der Waals surface area (Å²) in [6.07, 6.45) is 1.39. The molecule has 1 aliphatic rings. The Morgan fingerprint density at radius 3 is 2.62 bits per heavy atom. The highest BCUT2D eigenvalue weighted by Gasteiger charge is 2.30. The molecule has 2 heterocycles. The molecule has 208 valence electrons. The quantitative estimate of drug-likeness (QED) is 0.280. The number of benzene rings is 2. The molecule has 0 saturated heterocycles. The number of hydrogen-bond donors (Lipinski definition) is 3. The van der Waals surface area contributed by atoms with Crippen LogP contribution in [0.25, 0.3) is 0 Å². The van der Waals surface area contributed by atoms with Crippen LogP contribution in [0.15, 0.2) is 82.1 Å². The van der Waals surface area contributed by atoms with Crippen LogP contribution in [-0.2, 0) is 24.3 Å². The lowest BCUT2D eigenvalue weighted by atomic mass is 9.95. The van der Waals surface area contributed by atoms with E-state index in [4.69, 9.17) is 19.9 Å². The highest BCUT2D eigenvalue weighted by atomic mass is 32.2. The van der Waals surface area contributed by atoms with Crippen molar-refractivity contribution >= 4 is 38.6 Å². The normalized spacial score (nSPS) is 17.4. The fourth-order valence-electron chi connectivity index (χ4n) is 4.08. The van der Waals surface area contributed by atoms with Crippen molar-refractivity contribution in [3.05, 3.63) is 82.8 Å². The first kappa shape index (κ1) is 28.6. The number of aliphatic hydroxyl groups excluding tert-OH is 1. The minimum atomic E-state index is -3.89. The van der Waals surface area contributed by atoms with Gasteiger partial charge in [-0.1, -0.05) is 12.1 Å². The zero-order valence-corrected chi connectivity index (χ0v) is 23.0. The SMILES string of the molecule is COc1ccc(S(=O)(=O)N(CCO)CCOC2CC(c3ccsc3)C=C(C(=O)Nc3ccccc3N)O2)cc1. The summed E-state index contributed by atoms with van der Waals surface area (Å²) in [7, 11) is -2.39. The second-order valence-corrected chi connectivity index (χ2v) is 11.4. The maximum Gasteiger partial charge on any atom is 0.290 e. The second-order valence-electron chi connectivity index (χ2n) is 8.69. The Hall–Kier alpha value is -3.42. The zero-order chi connectivity index (χ0) is 27.8. The van der Waals surface area contributed by atoms with Crippen LogP contribution in [0.2, 0.25) is 0 Å². The van der Waals surface area contributed by atoms with Gasteiger partial charge in [-0.25, -0.2) is 8.42 Å². The van der Waals surface area contributed by atoms with Crippen LogP contribution in [-0.4, -0.2) is 63.4 Å². The highest BCUT2D eigenvalue weighted by molar-refractivity contribution is 7.89. The molecule has 39 heavy (non-hydrogen) atoms. The van der Waals surface area contributed by atoms with Crippen LogP contribution in [0.3, 0.4) is 0 Å². The molecule has 2 unspecified atom stereocenters. The fourth-order valence-corrected chi connectivity index (χ4v) is 6.22. The molecule has 0 aliphatic carbocycles. The first-order valence-corrected chi connectivity index (χ1v) is 14.6. The van der Waals surface area contributed by atoms with Gasteiger partial charge < -0.3 is 30.4 Å². The van der Waals surface area contributed by atoms with E-state index in [9.17, 15) is 18.3 Å². The number of rotatable bonds is 12. The van der Waals surface area contributed by atoms with Crippen LogP contribution >= 0.6 is 11.3 Å². The number of nitrogens with one attached hydrogen (secondary N) is 1. The smallest absolute Gasteiger partial charge is 0.290 e. The van der Waals surface area contributed by atoms with E-state index in [0.29, 0.717) is 23.5 Å². The van der Waals surface area contributed by atoms with Crippen LogP contribution in [0.5, 0.6) is 5.75 Å². The lowest BCUT2D eigenvalue weighted by Gasteiger charge is -2.30. The van der Waals surface area contributed by atoms with Gasteiger partial charge in [-0.2, -0.15) is 15.6 Å². The Morgan fingerprint density at radius 1 is 1.18 bits per heavy atom. The molecule has 10 nitrogen and oxygen atoms in total. The first-order valence-electron chi connectivity index (χ1n) is 12.2. The minimum Gasteiger partial charge on any atom is -0.497 e. The number of carbonyl (C=O) groups excluding carboxylic acids is 1. The molecule has 0 spiro atoms. The molecule has 4 N–H and O–H groups in total. The minimum absolute atomic E-state index is 0.0169. The molecule has 2 atom stereocenters. The number of nitrogen functional groups attached to an aromatic ring is 1. The number of thiophene rings is 1. The molecule has 3 aromatic rings. The second kappa shape index (κ2) is 13.1. The van der Waals surface area contributed by atoms with Crippen molar-refractivity contribution < 1.29 is 32.5 Å². The average molecular weight is 574 g/mol. The fraction of sp³-hybridized carbons (Fsp3) is 0.296. The Morgan fingerprint density at radius 2 is 1.95 bits per heavy atom. The zero-order valence-electron chi connectivity index (χ0n) is 21.4. The van der Waals surface area contributed by atoms with Gasteiger partial charge in [0.15, 0.2) is 5.76 Å². The van der Waals surface area contributed by atoms with Crippen molar-refractivity contribution in [2.24, 2.45) is 0 Å². The molecule has 0 radical (unpaired) electrons. The maximum atomic E-state index is 13.2. The largest absolute Gasteiger partial charge is 0.497 e. The summed E-state index contributed by atoms with van der Waals surface area (Å²) in [5.41, 5.74) is 7.87. The Balaban J connectivity index is 1.44. The number of hydrogen-bond acceptors (Lipinski definition) is 9. The number of nitrogens with two attached hydrogens (primary N) is 1. The maximum absolute atomic E-state index is 13.2. The van der Waals surface area contributed by atoms with E-state index in [0.717, 1.165) is 9.87 Å². The molecule has 1 aliphatic heterocycles. The van der Waals surface area contributed by atoms with Crippen molar-refractivity contribution in [2.75, 3.05) is 44.5 Å². The van der Waals surface area contributed by atoms with Crippen molar-refractivity contribution in [2.45, 2.75) is 23.5 Å². The average Bonchev–Trinajstić information content (AvgIpc) is 3.49. The van der Waals surface area contributed by atoms with Gasteiger partial charge in [0.1, 0.15) is 5.75 Å². The third-order valence-electron chi connectivity index (χ3n) is 6.15. The Labute approximate surface area is 231 Å². The number of carbonyl (C=O) groups is 1. The molecular weight excluding hydrogens is 542 g/mol. The van der Waals surface area contributed by atoms with Crippen LogP contribution in [0.4, 0.5) is 11.4 Å². The summed E-state index contributed by atoms with van der Waals surface area (Å²) < 4.78 is 44.4. The molecule has 0 saturated carbocycles. The summed E-state index contributed by atoms with van der Waals surface area (Å²) in [5, 5.41) is 16.2. The highest BCUT2D eigenvalue weighted by Crippen LogP contribution is 2.33. The predicted octanol–water partition coefficient (Wildman–Crippen LogP) is 3.39. The summed E-state index contributed by atoms with van der Waals surface area (Å²) >= 11 is 1.55. The van der Waals surface area contributed by atoms with Crippen LogP contribution in [0.1, 0.15) is 17.9 Å². The molecule has 0 bridgehead atoms. The monoisotopic (exact) mass is 573 g/mol. The van der Waals surface area contributed by atoms with E-state index in [1.54, 1.807) is 53.8 Å². The van der Waals surface area contributed by atoms with E-state index >= 15 is 0 Å². The lowest BCUT2D eigenvalue weighted by molar-refractivity contribution is -0.143. The first-order chi connectivity index (χ1) is 18.8. The van der Waals surface area contributed by atoms with Gasteiger partial charge >= 0.3 is 0 Å². The number of aliphatic hydroxyl groups is 1. The topological polar surface area (TPSA) is 140 Å². The summed E-state index contributed by atoms with van der Waals surface area (Å²) in [6, 6.07) is 14.9. The number of ether oxygens (including phenoxy) is 3. The van der Waals surface area contributed by atoms with Crippen LogP contribution < -0.4 is 15.8 Å². The van der Waals surface area contributed by atoms with E-state index in [1.807, 2.05) is 16.8 Å². The number of methoxy groups -OCH3 is 1. The molecule has 2 aromatic carbocycles. The number of para-hydroxylation sites is 2. The van der Waals surface area contributed by atoms with Crippen molar-refractivity contribution in [3.63, 3.8) is 0 Å².